The zero-order chi connectivity index (χ0) is 14.7. The molecule has 4 nitrogen and oxygen atoms in total. The summed E-state index contributed by atoms with van der Waals surface area (Å²) in [6, 6.07) is 3.72. The molecule has 2 aromatic heterocycles. The van der Waals surface area contributed by atoms with Gasteiger partial charge in [0.05, 0.1) is 15.6 Å². The number of carbonyl (C=O) groups is 1. The molecule has 104 valence electrons. The summed E-state index contributed by atoms with van der Waals surface area (Å²) in [5.74, 6) is -0.495. The van der Waals surface area contributed by atoms with Gasteiger partial charge in [-0.2, -0.15) is 0 Å². The third-order valence-corrected chi connectivity index (χ3v) is 3.80. The van der Waals surface area contributed by atoms with E-state index in [1.165, 1.54) is 17.5 Å². The topological polar surface area (TPSA) is 63.1 Å². The van der Waals surface area contributed by atoms with E-state index in [0.29, 0.717) is 11.5 Å². The molecule has 6 heteroatoms. The van der Waals surface area contributed by atoms with Crippen LogP contribution in [0.3, 0.4) is 0 Å². The predicted octanol–water partition coefficient (Wildman–Crippen LogP) is 4.18. The van der Waals surface area contributed by atoms with Crippen LogP contribution < -0.4 is 0 Å². The number of thiophene rings is 1. The van der Waals surface area contributed by atoms with Crippen molar-refractivity contribution in [3.05, 3.63) is 44.6 Å². The lowest BCUT2D eigenvalue weighted by atomic mass is 10.1. The molecule has 2 heterocycles. The second-order valence-corrected chi connectivity index (χ2v) is 6.21. The van der Waals surface area contributed by atoms with E-state index in [0.717, 1.165) is 9.21 Å². The van der Waals surface area contributed by atoms with Gasteiger partial charge in [0.2, 0.25) is 0 Å². The van der Waals surface area contributed by atoms with Crippen LogP contribution in [0.5, 0.6) is 0 Å². The van der Waals surface area contributed by atoms with Crippen LogP contribution >= 0.6 is 22.9 Å². The van der Waals surface area contributed by atoms with Crippen LogP contribution in [-0.4, -0.2) is 21.0 Å². The van der Waals surface area contributed by atoms with E-state index in [4.69, 9.17) is 16.7 Å². The highest BCUT2D eigenvalue weighted by atomic mass is 35.5. The maximum absolute atomic E-state index is 11.1. The Morgan fingerprint density at radius 2 is 2.15 bits per heavy atom. The fraction of sp³-hybridized carbons (Fsp3) is 0.214. The van der Waals surface area contributed by atoms with Crippen LogP contribution in [0.4, 0.5) is 0 Å². The first-order valence-corrected chi connectivity index (χ1v) is 7.20. The summed E-state index contributed by atoms with van der Waals surface area (Å²) in [6.45, 7) is 3.81. The Morgan fingerprint density at radius 1 is 1.40 bits per heavy atom. The Morgan fingerprint density at radius 3 is 2.70 bits per heavy atom. The van der Waals surface area contributed by atoms with Crippen molar-refractivity contribution in [2.24, 2.45) is 0 Å². The molecular formula is C14H13ClN2O2S. The van der Waals surface area contributed by atoms with Crippen LogP contribution in [0.15, 0.2) is 18.3 Å². The summed E-state index contributed by atoms with van der Waals surface area (Å²) in [5, 5.41) is 9.11. The Hall–Kier alpha value is -1.72. The first kappa shape index (κ1) is 14.7. The average molecular weight is 309 g/mol. The van der Waals surface area contributed by atoms with Crippen molar-refractivity contribution in [1.82, 2.24) is 9.97 Å². The van der Waals surface area contributed by atoms with Gasteiger partial charge < -0.3 is 5.11 Å². The van der Waals surface area contributed by atoms with E-state index < -0.39 is 5.97 Å². The molecule has 0 saturated heterocycles. The Labute approximate surface area is 125 Å². The first-order chi connectivity index (χ1) is 9.47. The number of hydrogen-bond donors (Lipinski definition) is 1. The smallest absolute Gasteiger partial charge is 0.339 e. The molecule has 0 fully saturated rings. The fourth-order valence-corrected chi connectivity index (χ4v) is 2.63. The molecular weight excluding hydrogens is 296 g/mol. The van der Waals surface area contributed by atoms with Crippen molar-refractivity contribution in [2.45, 2.75) is 19.8 Å². The van der Waals surface area contributed by atoms with Crippen LogP contribution in [0.25, 0.3) is 12.2 Å². The molecule has 0 aliphatic rings. The largest absolute Gasteiger partial charge is 0.478 e. The molecule has 2 rings (SSSR count). The number of hydrogen-bond acceptors (Lipinski definition) is 4. The summed E-state index contributed by atoms with van der Waals surface area (Å²) in [5.41, 5.74) is 0.688. The second-order valence-electron chi connectivity index (χ2n) is 4.46. The lowest BCUT2D eigenvalue weighted by Gasteiger charge is -2.08. The van der Waals surface area contributed by atoms with Crippen molar-refractivity contribution in [3.8, 4) is 0 Å². The molecule has 1 N–H and O–H groups in total. The second kappa shape index (κ2) is 6.15. The fourth-order valence-electron chi connectivity index (χ4n) is 1.67. The quantitative estimate of drug-likeness (QED) is 0.920. The summed E-state index contributed by atoms with van der Waals surface area (Å²) in [4.78, 5) is 20.5. The number of halogens is 1. The third-order valence-electron chi connectivity index (χ3n) is 2.60. The average Bonchev–Trinajstić information content (AvgIpc) is 2.81. The van der Waals surface area contributed by atoms with Crippen molar-refractivity contribution in [2.75, 3.05) is 0 Å². The molecule has 0 aromatic carbocycles. The van der Waals surface area contributed by atoms with Gasteiger partial charge in [-0.1, -0.05) is 25.4 Å². The monoisotopic (exact) mass is 308 g/mol. The van der Waals surface area contributed by atoms with E-state index in [1.54, 1.807) is 6.08 Å². The van der Waals surface area contributed by atoms with Crippen LogP contribution in [0, 0.1) is 0 Å². The van der Waals surface area contributed by atoms with Gasteiger partial charge in [-0.25, -0.2) is 14.8 Å². The molecule has 2 aromatic rings. The molecule has 0 radical (unpaired) electrons. The van der Waals surface area contributed by atoms with Crippen molar-refractivity contribution < 1.29 is 9.90 Å². The van der Waals surface area contributed by atoms with Crippen LogP contribution in [0.2, 0.25) is 4.34 Å². The first-order valence-electron chi connectivity index (χ1n) is 6.01. The predicted molar refractivity (Wildman–Crippen MR) is 81.3 cm³/mol. The standard InChI is InChI=1S/C14H13ClN2O2S/c1-8(2)13-10(14(18)19)7-16-12(17-13)6-4-9-3-5-11(15)20-9/h3-8H,1-2H3,(H,18,19). The molecule has 0 unspecified atom stereocenters. The summed E-state index contributed by atoms with van der Waals surface area (Å²) in [7, 11) is 0. The van der Waals surface area contributed by atoms with E-state index in [9.17, 15) is 4.79 Å². The molecule has 0 aliphatic carbocycles. The maximum atomic E-state index is 11.1. The van der Waals surface area contributed by atoms with Crippen LogP contribution in [0.1, 0.15) is 46.5 Å². The number of nitrogens with zero attached hydrogens (tertiary/aromatic N) is 2. The molecule has 0 bridgehead atoms. The van der Waals surface area contributed by atoms with Crippen molar-refractivity contribution >= 4 is 41.1 Å². The Balaban J connectivity index is 2.31. The summed E-state index contributed by atoms with van der Waals surface area (Å²) in [6.07, 6.45) is 4.96. The number of rotatable bonds is 4. The van der Waals surface area contributed by atoms with Crippen molar-refractivity contribution in [3.63, 3.8) is 0 Å². The highest BCUT2D eigenvalue weighted by Gasteiger charge is 2.15. The summed E-state index contributed by atoms with van der Waals surface area (Å²) < 4.78 is 0.717. The van der Waals surface area contributed by atoms with E-state index in [1.807, 2.05) is 32.1 Å². The number of aromatic carboxylic acids is 1. The zero-order valence-electron chi connectivity index (χ0n) is 11.0. The van der Waals surface area contributed by atoms with E-state index in [2.05, 4.69) is 9.97 Å². The molecule has 0 aliphatic heterocycles. The molecule has 0 saturated carbocycles. The van der Waals surface area contributed by atoms with Gasteiger partial charge in [0.1, 0.15) is 0 Å². The molecule has 0 spiro atoms. The van der Waals surface area contributed by atoms with Gasteiger partial charge in [-0.3, -0.25) is 0 Å². The maximum Gasteiger partial charge on any atom is 0.339 e. The van der Waals surface area contributed by atoms with Gasteiger partial charge in [0.25, 0.3) is 0 Å². The van der Waals surface area contributed by atoms with Gasteiger partial charge in [0, 0.05) is 11.1 Å². The molecule has 0 atom stereocenters. The third kappa shape index (κ3) is 3.43. The zero-order valence-corrected chi connectivity index (χ0v) is 12.6. The van der Waals surface area contributed by atoms with Crippen LogP contribution in [-0.2, 0) is 0 Å². The minimum atomic E-state index is -1.01. The number of carboxylic acids is 1. The van der Waals surface area contributed by atoms with E-state index in [-0.39, 0.29) is 11.5 Å². The number of aromatic nitrogens is 2. The Bertz CT molecular complexity index is 665. The minimum absolute atomic E-state index is 0.0208. The lowest BCUT2D eigenvalue weighted by molar-refractivity contribution is 0.0694. The van der Waals surface area contributed by atoms with Crippen molar-refractivity contribution in [1.29, 1.82) is 0 Å². The Kier molecular flexibility index (Phi) is 4.52. The molecule has 20 heavy (non-hydrogen) atoms. The van der Waals surface area contributed by atoms with Gasteiger partial charge in [-0.05, 0) is 30.2 Å². The summed E-state index contributed by atoms with van der Waals surface area (Å²) >= 11 is 7.31. The molecule has 0 amide bonds. The normalized spacial score (nSPS) is 11.4. The van der Waals surface area contributed by atoms with E-state index >= 15 is 0 Å². The van der Waals surface area contributed by atoms with Gasteiger partial charge in [-0.15, -0.1) is 11.3 Å². The SMILES string of the molecule is CC(C)c1nc(C=Cc2ccc(Cl)s2)ncc1C(=O)O. The highest BCUT2D eigenvalue weighted by Crippen LogP contribution is 2.23. The van der Waals surface area contributed by atoms with Gasteiger partial charge >= 0.3 is 5.97 Å². The minimum Gasteiger partial charge on any atom is -0.478 e. The number of carboxylic acid groups (broad SMARTS) is 1. The van der Waals surface area contributed by atoms with Gasteiger partial charge in [0.15, 0.2) is 5.82 Å². The highest BCUT2D eigenvalue weighted by molar-refractivity contribution is 7.17. The lowest BCUT2D eigenvalue weighted by Crippen LogP contribution is -2.08.